The maximum atomic E-state index is 14.6. The lowest BCUT2D eigenvalue weighted by Gasteiger charge is -2.49. The van der Waals surface area contributed by atoms with E-state index in [1.54, 1.807) is 0 Å². The highest BCUT2D eigenvalue weighted by molar-refractivity contribution is 14.1. The van der Waals surface area contributed by atoms with Gasteiger partial charge in [-0.25, -0.2) is 0 Å². The van der Waals surface area contributed by atoms with Crippen LogP contribution in [0.5, 0.6) is 0 Å². The lowest BCUT2D eigenvalue weighted by atomic mass is 9.62. The number of benzene rings is 1. The molecule has 256 valence electrons. The Labute approximate surface area is 284 Å². The van der Waals surface area contributed by atoms with Crippen molar-refractivity contribution < 1.29 is 43.6 Å². The minimum Gasteiger partial charge on any atom is -0.458 e. The largest absolute Gasteiger partial charge is 0.458 e. The van der Waals surface area contributed by atoms with Gasteiger partial charge >= 0.3 is 5.97 Å². The van der Waals surface area contributed by atoms with Crippen LogP contribution in [0.15, 0.2) is 24.3 Å². The average molecular weight is 758 g/mol. The number of unbranched alkanes of at least 4 members (excludes halogenated alkanes) is 4. The molecule has 1 aromatic rings. The summed E-state index contributed by atoms with van der Waals surface area (Å²) in [7, 11) is 0. The Balaban J connectivity index is 1.53. The van der Waals surface area contributed by atoms with Gasteiger partial charge in [-0.1, -0.05) is 57.7 Å². The minimum absolute atomic E-state index is 0.0393. The predicted octanol–water partition coefficient (Wildman–Crippen LogP) is 2.71. The molecule has 3 saturated heterocycles. The molecule has 3 aliphatic heterocycles. The van der Waals surface area contributed by atoms with Gasteiger partial charge in [-0.05, 0) is 54.0 Å². The van der Waals surface area contributed by atoms with Gasteiger partial charge in [0.25, 0.3) is 0 Å². The second-order valence-electron chi connectivity index (χ2n) is 13.0. The first-order valence-corrected chi connectivity index (χ1v) is 17.8. The molecule has 12 nitrogen and oxygen atoms in total. The third-order valence-corrected chi connectivity index (χ3v) is 10.8. The summed E-state index contributed by atoms with van der Waals surface area (Å²) in [6, 6.07) is 5.28. The monoisotopic (exact) mass is 757 g/mol. The van der Waals surface area contributed by atoms with Gasteiger partial charge in [0.15, 0.2) is 11.8 Å². The van der Waals surface area contributed by atoms with E-state index in [0.29, 0.717) is 12.8 Å². The normalized spacial score (nSPS) is 30.7. The van der Waals surface area contributed by atoms with Crippen LogP contribution in [0, 0.1) is 8.99 Å². The first-order valence-electron chi connectivity index (χ1n) is 16.7. The molecular weight excluding hydrogens is 709 g/mol. The second-order valence-corrected chi connectivity index (χ2v) is 14.2. The van der Waals surface area contributed by atoms with Crippen molar-refractivity contribution >= 4 is 40.4 Å². The summed E-state index contributed by atoms with van der Waals surface area (Å²) in [5.41, 5.74) is -0.580. The molecule has 13 heteroatoms. The molecule has 1 aliphatic carbocycles. The van der Waals surface area contributed by atoms with Crippen LogP contribution >= 0.6 is 22.6 Å². The molecule has 5 rings (SSSR count). The fourth-order valence-corrected chi connectivity index (χ4v) is 8.02. The van der Waals surface area contributed by atoms with Crippen LogP contribution < -0.4 is 10.6 Å². The van der Waals surface area contributed by atoms with E-state index in [2.05, 4.69) is 47.1 Å². The van der Waals surface area contributed by atoms with Crippen molar-refractivity contribution in [3.05, 3.63) is 33.4 Å². The van der Waals surface area contributed by atoms with Gasteiger partial charge in [0.1, 0.15) is 35.9 Å². The highest BCUT2D eigenvalue weighted by Gasteiger charge is 2.76. The Bertz CT molecular complexity index is 1240. The molecule has 0 spiro atoms. The Morgan fingerprint density at radius 3 is 2.39 bits per heavy atom. The lowest BCUT2D eigenvalue weighted by Crippen LogP contribution is -2.71. The molecule has 2 amide bonds. The molecule has 1 saturated carbocycles. The molecule has 3 heterocycles. The highest BCUT2D eigenvalue weighted by atomic mass is 127. The molecular formula is C33H48IN3O9. The summed E-state index contributed by atoms with van der Waals surface area (Å²) in [6.45, 7) is 5.56. The summed E-state index contributed by atoms with van der Waals surface area (Å²) in [4.78, 5) is 48.2. The van der Waals surface area contributed by atoms with Gasteiger partial charge in [0.05, 0.1) is 19.3 Å². The van der Waals surface area contributed by atoms with Crippen LogP contribution in [0.2, 0.25) is 0 Å². The van der Waals surface area contributed by atoms with Crippen LogP contribution in [-0.2, 0) is 40.0 Å². The van der Waals surface area contributed by atoms with Crippen molar-refractivity contribution in [1.29, 1.82) is 0 Å². The van der Waals surface area contributed by atoms with Crippen molar-refractivity contribution in [2.45, 2.75) is 133 Å². The van der Waals surface area contributed by atoms with E-state index in [4.69, 9.17) is 19.0 Å². The maximum absolute atomic E-state index is 14.6. The molecule has 0 aromatic heterocycles. The Morgan fingerprint density at radius 2 is 1.76 bits per heavy atom. The van der Waals surface area contributed by atoms with Crippen molar-refractivity contribution in [3.8, 4) is 0 Å². The van der Waals surface area contributed by atoms with Crippen molar-refractivity contribution in [2.75, 3.05) is 13.2 Å². The molecule has 1 aromatic carbocycles. The fraction of sp³-hybridized carbons (Fsp3) is 0.727. The first kappa shape index (κ1) is 35.4. The highest BCUT2D eigenvalue weighted by Crippen LogP contribution is 2.58. The number of halogens is 1. The zero-order valence-corrected chi connectivity index (χ0v) is 29.1. The molecule has 0 radical (unpaired) electrons. The molecule has 4 fully saturated rings. The fourth-order valence-electron chi connectivity index (χ4n) is 7.46. The zero-order valence-electron chi connectivity index (χ0n) is 26.9. The number of hydrogen-bond acceptors (Lipinski definition) is 10. The van der Waals surface area contributed by atoms with Crippen LogP contribution in [0.3, 0.4) is 0 Å². The van der Waals surface area contributed by atoms with Gasteiger partial charge in [0.2, 0.25) is 11.8 Å². The third kappa shape index (κ3) is 6.83. The number of aliphatic hydroxyl groups excluding tert-OH is 2. The summed E-state index contributed by atoms with van der Waals surface area (Å²) in [6.07, 6.45) is 3.13. The van der Waals surface area contributed by atoms with Gasteiger partial charge in [0, 0.05) is 29.4 Å². The van der Waals surface area contributed by atoms with Crippen LogP contribution in [0.25, 0.3) is 0 Å². The average Bonchev–Trinajstić information content (AvgIpc) is 3.58. The second kappa shape index (κ2) is 15.1. The van der Waals surface area contributed by atoms with E-state index in [1.165, 1.54) is 12.0 Å². The number of hydrogen-bond donors (Lipinski definition) is 4. The molecule has 4 N–H and O–H groups in total. The van der Waals surface area contributed by atoms with E-state index in [1.807, 2.05) is 24.3 Å². The number of hydroxylamine groups is 2. The predicted molar refractivity (Wildman–Crippen MR) is 175 cm³/mol. The lowest BCUT2D eigenvalue weighted by molar-refractivity contribution is -0.224. The van der Waals surface area contributed by atoms with Crippen LogP contribution in [0.4, 0.5) is 0 Å². The number of carbonyl (C=O) groups is 3. The minimum atomic E-state index is -1.49. The molecule has 2 bridgehead atoms. The van der Waals surface area contributed by atoms with Crippen molar-refractivity contribution in [2.24, 2.45) is 5.41 Å². The summed E-state index contributed by atoms with van der Waals surface area (Å²) >= 11 is 2.23. The number of amides is 2. The SMILES string of the molecule is CCCCCC1(CCCCC)O[C@@H]2[C@H](O1)[C@H]1ON(Cc3ccccc3I)[C@@H]3C(=O)O[C@@H]2C[C@]13C(=O)N[C@@H](C(=O)NCCO)[C@H](C)O. The van der Waals surface area contributed by atoms with Gasteiger partial charge in [-0.3, -0.25) is 19.2 Å². The Hall–Kier alpha value is -1.88. The molecule has 0 unspecified atom stereocenters. The van der Waals surface area contributed by atoms with E-state index >= 15 is 0 Å². The smallest absolute Gasteiger partial charge is 0.327 e. The van der Waals surface area contributed by atoms with Crippen molar-refractivity contribution in [1.82, 2.24) is 15.7 Å². The molecule has 8 atom stereocenters. The number of aliphatic hydroxyl groups is 2. The van der Waals surface area contributed by atoms with E-state index in [9.17, 15) is 24.6 Å². The number of carbonyl (C=O) groups excluding carboxylic acids is 3. The Morgan fingerprint density at radius 1 is 1.09 bits per heavy atom. The van der Waals surface area contributed by atoms with E-state index < -0.39 is 71.6 Å². The standard InChI is InChI=1S/C33H48IN3O9/c1-4-6-10-14-32(15-11-7-5-2)44-25-23-18-33(31(42)36-24(20(3)39)29(40)35-16-17-38)27(30(41)43-23)37(46-28(33)26(25)45-32)19-21-12-8-9-13-22(21)34/h8-9,12-13,20,23-28,38-39H,4-7,10-11,14-19H2,1-3H3,(H,35,40)(H,36,42)/t20-,23+,24+,25-,26-,27+,28+,33+/m0/s1. The summed E-state index contributed by atoms with van der Waals surface area (Å²) in [5.74, 6) is -2.74. The number of ether oxygens (including phenoxy) is 3. The first-order chi connectivity index (χ1) is 22.1. The number of fused-ring (bicyclic) bond motifs is 4. The number of nitrogens with zero attached hydrogens (tertiary/aromatic N) is 1. The van der Waals surface area contributed by atoms with Crippen LogP contribution in [0.1, 0.15) is 84.1 Å². The topological polar surface area (TPSA) is 156 Å². The van der Waals surface area contributed by atoms with Gasteiger partial charge < -0.3 is 35.1 Å². The number of nitrogens with one attached hydrogen (secondary N) is 2. The van der Waals surface area contributed by atoms with Gasteiger partial charge in [-0.15, -0.1) is 0 Å². The quantitative estimate of drug-likeness (QED) is 0.112. The molecule has 46 heavy (non-hydrogen) atoms. The van der Waals surface area contributed by atoms with Crippen molar-refractivity contribution in [3.63, 3.8) is 0 Å². The third-order valence-electron chi connectivity index (χ3n) is 9.74. The van der Waals surface area contributed by atoms with Crippen LogP contribution in [-0.4, -0.2) is 94.6 Å². The number of rotatable bonds is 16. The number of esters is 1. The van der Waals surface area contributed by atoms with Gasteiger partial charge in [-0.2, -0.15) is 5.06 Å². The summed E-state index contributed by atoms with van der Waals surface area (Å²) < 4.78 is 20.7. The van der Waals surface area contributed by atoms with E-state index in [-0.39, 0.29) is 26.1 Å². The van der Waals surface area contributed by atoms with E-state index in [0.717, 1.165) is 47.7 Å². The Kier molecular flexibility index (Phi) is 11.6. The zero-order chi connectivity index (χ0) is 33.1. The maximum Gasteiger partial charge on any atom is 0.327 e. The molecule has 4 aliphatic rings. The summed E-state index contributed by atoms with van der Waals surface area (Å²) in [5, 5.41) is 26.6.